The van der Waals surface area contributed by atoms with Crippen molar-refractivity contribution in [3.05, 3.63) is 70.9 Å². The van der Waals surface area contributed by atoms with Gasteiger partial charge in [-0.1, -0.05) is 62.7 Å². The number of para-hydroxylation sites is 2. The molecule has 0 radical (unpaired) electrons. The van der Waals surface area contributed by atoms with E-state index in [-0.39, 0.29) is 17.2 Å². The maximum atomic E-state index is 13.5. The van der Waals surface area contributed by atoms with E-state index in [1.54, 1.807) is 4.90 Å². The first-order valence-corrected chi connectivity index (χ1v) is 11.1. The van der Waals surface area contributed by atoms with Crippen LogP contribution >= 0.6 is 0 Å². The number of hydrogen-bond donors (Lipinski definition) is 2. The Labute approximate surface area is 184 Å². The summed E-state index contributed by atoms with van der Waals surface area (Å²) in [6.07, 6.45) is 2.07. The molecule has 2 N–H and O–H groups in total. The molecule has 4 rings (SSSR count). The molecule has 2 aromatic carbocycles. The number of nitrogens with one attached hydrogen (secondary N) is 2. The van der Waals surface area contributed by atoms with Gasteiger partial charge in [-0.2, -0.15) is 0 Å². The summed E-state index contributed by atoms with van der Waals surface area (Å²) in [6, 6.07) is 15.3. The van der Waals surface area contributed by atoms with Crippen molar-refractivity contribution in [3.8, 4) is 0 Å². The second-order valence-corrected chi connectivity index (χ2v) is 9.39. The van der Waals surface area contributed by atoms with Crippen LogP contribution in [0.1, 0.15) is 57.2 Å². The molecule has 2 aromatic rings. The molecule has 5 nitrogen and oxygen atoms in total. The second kappa shape index (κ2) is 8.22. The molecule has 2 aliphatic rings. The van der Waals surface area contributed by atoms with Crippen LogP contribution in [0.25, 0.3) is 0 Å². The Balaban J connectivity index is 1.96. The molecule has 2 amide bonds. The van der Waals surface area contributed by atoms with Crippen LogP contribution in [0.3, 0.4) is 0 Å². The van der Waals surface area contributed by atoms with Crippen molar-refractivity contribution in [2.75, 3.05) is 16.8 Å². The van der Waals surface area contributed by atoms with Crippen LogP contribution in [0, 0.1) is 12.3 Å². The summed E-state index contributed by atoms with van der Waals surface area (Å²) in [5.41, 5.74) is 5.20. The van der Waals surface area contributed by atoms with E-state index in [1.807, 2.05) is 62.4 Å². The predicted molar refractivity (Wildman–Crippen MR) is 125 cm³/mol. The van der Waals surface area contributed by atoms with Gasteiger partial charge in [-0.15, -0.1) is 0 Å². The maximum Gasteiger partial charge on any atom is 0.322 e. The lowest BCUT2D eigenvalue weighted by atomic mass is 9.73. The third-order valence-electron chi connectivity index (χ3n) is 6.04. The monoisotopic (exact) mass is 417 g/mol. The minimum Gasteiger partial charge on any atom is -0.357 e. The lowest BCUT2D eigenvalue weighted by molar-refractivity contribution is -0.118. The number of fused-ring (bicyclic) bond motifs is 1. The average molecular weight is 418 g/mol. The van der Waals surface area contributed by atoms with Crippen molar-refractivity contribution in [3.63, 3.8) is 0 Å². The molecule has 1 aliphatic carbocycles. The van der Waals surface area contributed by atoms with Crippen molar-refractivity contribution in [2.24, 2.45) is 5.41 Å². The Morgan fingerprint density at radius 2 is 1.84 bits per heavy atom. The summed E-state index contributed by atoms with van der Waals surface area (Å²) in [4.78, 5) is 28.8. The van der Waals surface area contributed by atoms with Crippen LogP contribution < -0.4 is 15.5 Å². The van der Waals surface area contributed by atoms with E-state index in [0.29, 0.717) is 18.5 Å². The highest BCUT2D eigenvalue weighted by atomic mass is 16.2. The lowest BCUT2D eigenvalue weighted by Crippen LogP contribution is -2.45. The topological polar surface area (TPSA) is 61.4 Å². The molecule has 1 atom stereocenters. The number of allylic oxidation sites excluding steroid dienone is 1. The van der Waals surface area contributed by atoms with Crippen LogP contribution in [-0.2, 0) is 4.79 Å². The van der Waals surface area contributed by atoms with Crippen LogP contribution in [-0.4, -0.2) is 18.4 Å². The maximum absolute atomic E-state index is 13.5. The van der Waals surface area contributed by atoms with Crippen LogP contribution in [0.15, 0.2) is 59.8 Å². The minimum absolute atomic E-state index is 0.102. The molecule has 1 heterocycles. The van der Waals surface area contributed by atoms with E-state index in [2.05, 4.69) is 24.5 Å². The fourth-order valence-corrected chi connectivity index (χ4v) is 4.59. The zero-order chi connectivity index (χ0) is 22.2. The van der Waals surface area contributed by atoms with Gasteiger partial charge in [0.15, 0.2) is 5.78 Å². The molecule has 1 aliphatic heterocycles. The number of amides is 2. The number of ketones is 1. The molecule has 0 fully saturated rings. The van der Waals surface area contributed by atoms with Gasteiger partial charge in [0, 0.05) is 24.2 Å². The smallest absolute Gasteiger partial charge is 0.322 e. The molecular weight excluding hydrogens is 386 g/mol. The van der Waals surface area contributed by atoms with E-state index in [9.17, 15) is 9.59 Å². The quantitative estimate of drug-likeness (QED) is 0.670. The van der Waals surface area contributed by atoms with Crippen molar-refractivity contribution >= 4 is 23.2 Å². The predicted octanol–water partition coefficient (Wildman–Crippen LogP) is 5.73. The first-order valence-electron chi connectivity index (χ1n) is 11.1. The normalized spacial score (nSPS) is 19.8. The minimum atomic E-state index is -0.479. The number of carbonyl (C=O) groups excluding carboxylic acids is 2. The number of nitrogens with zero attached hydrogens (tertiary/aromatic N) is 1. The summed E-state index contributed by atoms with van der Waals surface area (Å²) in [7, 11) is 0. The van der Waals surface area contributed by atoms with E-state index in [0.717, 1.165) is 41.0 Å². The first-order chi connectivity index (χ1) is 14.8. The summed E-state index contributed by atoms with van der Waals surface area (Å²) in [5, 5.41) is 6.57. The van der Waals surface area contributed by atoms with Crippen LogP contribution in [0.4, 0.5) is 16.2 Å². The zero-order valence-electron chi connectivity index (χ0n) is 18.8. The standard InChI is InChI=1S/C26H31N3O2/c1-5-14-27-25(31)29-21-9-7-6-8-19(21)28-20-15-26(3,4)16-22(30)23(20)24(29)18-12-10-17(2)11-13-18/h6-13,24,28H,5,14-16H2,1-4H3,(H,27,31)/t24-/m1/s1. The molecule has 5 heteroatoms. The Morgan fingerprint density at radius 3 is 2.55 bits per heavy atom. The fourth-order valence-electron chi connectivity index (χ4n) is 4.59. The molecule has 162 valence electrons. The van der Waals surface area contributed by atoms with Crippen molar-refractivity contribution in [1.29, 1.82) is 0 Å². The molecule has 0 unspecified atom stereocenters. The van der Waals surface area contributed by atoms with Crippen molar-refractivity contribution in [1.82, 2.24) is 5.32 Å². The first kappa shape index (κ1) is 21.2. The number of Topliss-reactive ketones (excluding diaryl/α,β-unsaturated/α-hetero) is 1. The van der Waals surface area contributed by atoms with Crippen molar-refractivity contribution in [2.45, 2.75) is 53.0 Å². The number of urea groups is 1. The molecule has 0 saturated carbocycles. The van der Waals surface area contributed by atoms with E-state index in [1.165, 1.54) is 0 Å². The largest absolute Gasteiger partial charge is 0.357 e. The molecule has 0 bridgehead atoms. The Kier molecular flexibility index (Phi) is 5.61. The zero-order valence-corrected chi connectivity index (χ0v) is 18.8. The average Bonchev–Trinajstić information content (AvgIpc) is 2.86. The number of carbonyl (C=O) groups is 2. The molecule has 0 spiro atoms. The van der Waals surface area contributed by atoms with Gasteiger partial charge in [0.2, 0.25) is 0 Å². The van der Waals surface area contributed by atoms with Gasteiger partial charge in [0.25, 0.3) is 0 Å². The van der Waals surface area contributed by atoms with Gasteiger partial charge >= 0.3 is 6.03 Å². The number of hydrogen-bond acceptors (Lipinski definition) is 3. The number of aryl methyl sites for hydroxylation is 1. The van der Waals surface area contributed by atoms with E-state index < -0.39 is 6.04 Å². The Bertz CT molecular complexity index is 1040. The van der Waals surface area contributed by atoms with Gasteiger partial charge in [0.05, 0.1) is 17.4 Å². The fraction of sp³-hybridized carbons (Fsp3) is 0.385. The highest BCUT2D eigenvalue weighted by Crippen LogP contribution is 2.48. The summed E-state index contributed by atoms with van der Waals surface area (Å²) in [6.45, 7) is 8.90. The van der Waals surface area contributed by atoms with E-state index >= 15 is 0 Å². The van der Waals surface area contributed by atoms with Crippen LogP contribution in [0.5, 0.6) is 0 Å². The number of benzene rings is 2. The summed E-state index contributed by atoms with van der Waals surface area (Å²) in [5.74, 6) is 0.102. The van der Waals surface area contributed by atoms with E-state index in [4.69, 9.17) is 0 Å². The number of rotatable bonds is 3. The van der Waals surface area contributed by atoms with Gasteiger partial charge in [-0.3, -0.25) is 9.69 Å². The van der Waals surface area contributed by atoms with Crippen LogP contribution in [0.2, 0.25) is 0 Å². The SMILES string of the molecule is CCCNC(=O)N1c2ccccc2NC2=C(C(=O)CC(C)(C)C2)[C@H]1c1ccc(C)cc1. The van der Waals surface area contributed by atoms with Gasteiger partial charge < -0.3 is 10.6 Å². The third-order valence-corrected chi connectivity index (χ3v) is 6.04. The molecule has 0 aromatic heterocycles. The Hall–Kier alpha value is -3.08. The van der Waals surface area contributed by atoms with Crippen molar-refractivity contribution < 1.29 is 9.59 Å². The van der Waals surface area contributed by atoms with Gasteiger partial charge in [0.1, 0.15) is 0 Å². The highest BCUT2D eigenvalue weighted by Gasteiger charge is 2.43. The lowest BCUT2D eigenvalue weighted by Gasteiger charge is -2.37. The van der Waals surface area contributed by atoms with Gasteiger partial charge in [-0.05, 0) is 42.9 Å². The molecular formula is C26H31N3O2. The Morgan fingerprint density at radius 1 is 1.13 bits per heavy atom. The summed E-state index contributed by atoms with van der Waals surface area (Å²) < 4.78 is 0. The molecule has 31 heavy (non-hydrogen) atoms. The highest BCUT2D eigenvalue weighted by molar-refractivity contribution is 6.06. The number of anilines is 2. The summed E-state index contributed by atoms with van der Waals surface area (Å²) >= 11 is 0. The molecule has 0 saturated heterocycles. The second-order valence-electron chi connectivity index (χ2n) is 9.39. The van der Waals surface area contributed by atoms with Gasteiger partial charge in [-0.25, -0.2) is 4.79 Å². The third kappa shape index (κ3) is 4.09.